The monoisotopic (exact) mass is 182 g/mol. The van der Waals surface area contributed by atoms with Crippen LogP contribution in [0.15, 0.2) is 6.33 Å². The summed E-state index contributed by atoms with van der Waals surface area (Å²) in [5.41, 5.74) is 0. The molecule has 1 atom stereocenters. The largest absolute Gasteiger partial charge is 0.305 e. The first-order chi connectivity index (χ1) is 6.27. The van der Waals surface area contributed by atoms with Crippen LogP contribution in [0.1, 0.15) is 45.5 Å². The maximum Gasteiger partial charge on any atom is 0.141 e. The average molecular weight is 182 g/mol. The summed E-state index contributed by atoms with van der Waals surface area (Å²) in [6, 6.07) is 0.826. The Morgan fingerprint density at radius 3 is 2.62 bits per heavy atom. The Kier molecular flexibility index (Phi) is 3.89. The molecular formula is C9H18N4. The number of hydrogen-bond donors (Lipinski definition) is 2. The van der Waals surface area contributed by atoms with E-state index in [9.17, 15) is 0 Å². The van der Waals surface area contributed by atoms with Gasteiger partial charge in [0.25, 0.3) is 0 Å². The van der Waals surface area contributed by atoms with Gasteiger partial charge in [0.15, 0.2) is 0 Å². The third-order valence-corrected chi connectivity index (χ3v) is 2.32. The zero-order valence-electron chi connectivity index (χ0n) is 8.54. The topological polar surface area (TPSA) is 53.6 Å². The summed E-state index contributed by atoms with van der Waals surface area (Å²) in [6.45, 7) is 6.47. The molecular weight excluding hydrogens is 164 g/mol. The van der Waals surface area contributed by atoms with Gasteiger partial charge in [-0.25, -0.2) is 4.98 Å². The Morgan fingerprint density at radius 2 is 2.15 bits per heavy atom. The predicted octanol–water partition coefficient (Wildman–Crippen LogP) is 1.64. The third-order valence-electron chi connectivity index (χ3n) is 2.32. The molecule has 0 amide bonds. The van der Waals surface area contributed by atoms with Gasteiger partial charge < -0.3 is 5.32 Å². The van der Waals surface area contributed by atoms with E-state index in [2.05, 4.69) is 41.3 Å². The highest BCUT2D eigenvalue weighted by Gasteiger charge is 2.11. The van der Waals surface area contributed by atoms with Crippen molar-refractivity contribution >= 4 is 0 Å². The summed E-state index contributed by atoms with van der Waals surface area (Å²) in [7, 11) is 0. The molecule has 1 unspecified atom stereocenters. The third kappa shape index (κ3) is 2.81. The summed E-state index contributed by atoms with van der Waals surface area (Å²) in [6.07, 6.45) is 3.84. The molecule has 0 spiro atoms. The summed E-state index contributed by atoms with van der Waals surface area (Å²) in [5.74, 6) is 0.909. The van der Waals surface area contributed by atoms with E-state index in [1.807, 2.05) is 0 Å². The van der Waals surface area contributed by atoms with E-state index in [1.165, 1.54) is 0 Å². The highest BCUT2D eigenvalue weighted by atomic mass is 15.2. The second kappa shape index (κ2) is 4.97. The van der Waals surface area contributed by atoms with Crippen LogP contribution in [0.2, 0.25) is 0 Å². The number of rotatable bonds is 5. The van der Waals surface area contributed by atoms with Gasteiger partial charge in [0, 0.05) is 6.04 Å². The number of H-pyrrole nitrogens is 1. The lowest BCUT2D eigenvalue weighted by molar-refractivity contribution is 0.422. The van der Waals surface area contributed by atoms with Crippen LogP contribution in [-0.4, -0.2) is 21.2 Å². The number of nitrogens with zero attached hydrogens (tertiary/aromatic N) is 2. The number of nitrogens with one attached hydrogen (secondary N) is 2. The highest BCUT2D eigenvalue weighted by molar-refractivity contribution is 4.89. The van der Waals surface area contributed by atoms with Crippen molar-refractivity contribution < 1.29 is 0 Å². The maximum absolute atomic E-state index is 4.11. The fourth-order valence-corrected chi connectivity index (χ4v) is 1.38. The lowest BCUT2D eigenvalue weighted by atomic mass is 10.1. The van der Waals surface area contributed by atoms with Gasteiger partial charge in [0.2, 0.25) is 0 Å². The van der Waals surface area contributed by atoms with Crippen LogP contribution in [0.4, 0.5) is 0 Å². The van der Waals surface area contributed by atoms with E-state index in [-0.39, 0.29) is 6.04 Å². The van der Waals surface area contributed by atoms with Crippen LogP contribution in [-0.2, 0) is 0 Å². The zero-order chi connectivity index (χ0) is 9.68. The molecule has 0 aliphatic heterocycles. The van der Waals surface area contributed by atoms with E-state index in [0.717, 1.165) is 18.7 Å². The molecule has 0 aromatic carbocycles. The van der Waals surface area contributed by atoms with Crippen LogP contribution in [0.3, 0.4) is 0 Å². The fraction of sp³-hybridized carbons (Fsp3) is 0.778. The van der Waals surface area contributed by atoms with Gasteiger partial charge in [-0.3, -0.25) is 5.10 Å². The summed E-state index contributed by atoms with van der Waals surface area (Å²) in [5, 5.41) is 10.2. The fourth-order valence-electron chi connectivity index (χ4n) is 1.38. The first kappa shape index (κ1) is 10.2. The summed E-state index contributed by atoms with van der Waals surface area (Å²) < 4.78 is 0. The second-order valence-corrected chi connectivity index (χ2v) is 3.27. The molecule has 1 aromatic heterocycles. The molecule has 74 valence electrons. The Hall–Kier alpha value is -0.900. The average Bonchev–Trinajstić information content (AvgIpc) is 2.66. The van der Waals surface area contributed by atoms with Gasteiger partial charge >= 0.3 is 0 Å². The van der Waals surface area contributed by atoms with Gasteiger partial charge in [-0.15, -0.1) is 0 Å². The molecule has 0 saturated heterocycles. The molecule has 0 aliphatic carbocycles. The van der Waals surface area contributed by atoms with Crippen molar-refractivity contribution in [3.8, 4) is 0 Å². The van der Waals surface area contributed by atoms with Crippen molar-refractivity contribution in [1.29, 1.82) is 0 Å². The highest BCUT2D eigenvalue weighted by Crippen LogP contribution is 2.08. The predicted molar refractivity (Wildman–Crippen MR) is 52.3 cm³/mol. The summed E-state index contributed by atoms with van der Waals surface area (Å²) in [4.78, 5) is 4.11. The van der Waals surface area contributed by atoms with E-state index < -0.39 is 0 Å². The number of aromatic nitrogens is 3. The van der Waals surface area contributed by atoms with E-state index in [0.29, 0.717) is 6.04 Å². The van der Waals surface area contributed by atoms with Crippen molar-refractivity contribution in [2.24, 2.45) is 0 Å². The molecule has 13 heavy (non-hydrogen) atoms. The van der Waals surface area contributed by atoms with Gasteiger partial charge in [0.05, 0.1) is 6.04 Å². The van der Waals surface area contributed by atoms with Gasteiger partial charge in [-0.1, -0.05) is 13.8 Å². The van der Waals surface area contributed by atoms with Gasteiger partial charge in [-0.05, 0) is 19.8 Å². The molecule has 0 saturated carbocycles. The maximum atomic E-state index is 4.11. The molecule has 4 nitrogen and oxygen atoms in total. The summed E-state index contributed by atoms with van der Waals surface area (Å²) >= 11 is 0. The Morgan fingerprint density at radius 1 is 1.46 bits per heavy atom. The SMILES string of the molecule is CCC(CC)NC(C)c1ncn[nH]1. The molecule has 0 fully saturated rings. The van der Waals surface area contributed by atoms with Crippen LogP contribution in [0, 0.1) is 0 Å². The normalized spacial score (nSPS) is 13.5. The molecule has 1 aromatic rings. The van der Waals surface area contributed by atoms with Crippen molar-refractivity contribution in [2.75, 3.05) is 0 Å². The molecule has 0 radical (unpaired) electrons. The van der Waals surface area contributed by atoms with Gasteiger partial charge in [-0.2, -0.15) is 5.10 Å². The Labute approximate surface area is 79.2 Å². The van der Waals surface area contributed by atoms with Crippen molar-refractivity contribution in [3.05, 3.63) is 12.2 Å². The molecule has 4 heteroatoms. The lowest BCUT2D eigenvalue weighted by Crippen LogP contribution is -2.30. The van der Waals surface area contributed by atoms with Gasteiger partial charge in [0.1, 0.15) is 12.2 Å². The minimum absolute atomic E-state index is 0.257. The van der Waals surface area contributed by atoms with Crippen LogP contribution < -0.4 is 5.32 Å². The minimum Gasteiger partial charge on any atom is -0.305 e. The van der Waals surface area contributed by atoms with Crippen LogP contribution in [0.5, 0.6) is 0 Å². The number of aromatic amines is 1. The molecule has 2 N–H and O–H groups in total. The van der Waals surface area contributed by atoms with Crippen LogP contribution in [0.25, 0.3) is 0 Å². The molecule has 0 aliphatic rings. The Bertz CT molecular complexity index is 216. The molecule has 0 bridgehead atoms. The Balaban J connectivity index is 2.45. The first-order valence-corrected chi connectivity index (χ1v) is 4.89. The van der Waals surface area contributed by atoms with Crippen molar-refractivity contribution in [1.82, 2.24) is 20.5 Å². The van der Waals surface area contributed by atoms with E-state index >= 15 is 0 Å². The number of hydrogen-bond acceptors (Lipinski definition) is 3. The van der Waals surface area contributed by atoms with Crippen molar-refractivity contribution in [2.45, 2.75) is 45.7 Å². The quantitative estimate of drug-likeness (QED) is 0.728. The standard InChI is InChI=1S/C9H18N4/c1-4-8(5-2)12-7(3)9-10-6-11-13-9/h6-8,12H,4-5H2,1-3H3,(H,10,11,13). The van der Waals surface area contributed by atoms with E-state index in [1.54, 1.807) is 6.33 Å². The smallest absolute Gasteiger partial charge is 0.141 e. The molecule has 1 heterocycles. The van der Waals surface area contributed by atoms with E-state index in [4.69, 9.17) is 0 Å². The lowest BCUT2D eigenvalue weighted by Gasteiger charge is -2.18. The zero-order valence-corrected chi connectivity index (χ0v) is 8.54. The van der Waals surface area contributed by atoms with Crippen molar-refractivity contribution in [3.63, 3.8) is 0 Å². The van der Waals surface area contributed by atoms with Crippen LogP contribution >= 0.6 is 0 Å². The second-order valence-electron chi connectivity index (χ2n) is 3.27. The minimum atomic E-state index is 0.257. The first-order valence-electron chi connectivity index (χ1n) is 4.89. The molecule has 1 rings (SSSR count).